The molecule has 0 aliphatic carbocycles. The van der Waals surface area contributed by atoms with Crippen molar-refractivity contribution in [3.05, 3.63) is 46.5 Å². The molecular formula is C15H21Cl2N. The van der Waals surface area contributed by atoms with E-state index in [2.05, 4.69) is 18.8 Å². The van der Waals surface area contributed by atoms with Gasteiger partial charge in [0.1, 0.15) is 0 Å². The second kappa shape index (κ2) is 8.58. The van der Waals surface area contributed by atoms with Crippen molar-refractivity contribution in [3.8, 4) is 0 Å². The van der Waals surface area contributed by atoms with Gasteiger partial charge in [-0.2, -0.15) is 0 Å². The molecule has 100 valence electrons. The van der Waals surface area contributed by atoms with Gasteiger partial charge in [0.25, 0.3) is 0 Å². The number of benzene rings is 1. The molecule has 18 heavy (non-hydrogen) atoms. The lowest BCUT2D eigenvalue weighted by Crippen LogP contribution is -2.31. The molecule has 0 bridgehead atoms. The maximum absolute atomic E-state index is 6.04. The molecule has 0 amide bonds. The molecule has 0 spiro atoms. The van der Waals surface area contributed by atoms with E-state index in [-0.39, 0.29) is 0 Å². The zero-order valence-electron chi connectivity index (χ0n) is 10.9. The van der Waals surface area contributed by atoms with Gasteiger partial charge in [-0.1, -0.05) is 42.3 Å². The third-order valence-corrected chi connectivity index (χ3v) is 3.61. The van der Waals surface area contributed by atoms with Gasteiger partial charge >= 0.3 is 0 Å². The van der Waals surface area contributed by atoms with E-state index in [0.717, 1.165) is 32.2 Å². The van der Waals surface area contributed by atoms with E-state index < -0.39 is 0 Å². The SMILES string of the molecule is C=CCCC(Cc1ccc(Cl)c(Cl)c1)NCCC. The molecule has 0 saturated heterocycles. The van der Waals surface area contributed by atoms with Crippen molar-refractivity contribution < 1.29 is 0 Å². The predicted molar refractivity (Wildman–Crippen MR) is 81.7 cm³/mol. The Labute approximate surface area is 120 Å². The van der Waals surface area contributed by atoms with E-state index in [1.807, 2.05) is 24.3 Å². The molecule has 1 N–H and O–H groups in total. The van der Waals surface area contributed by atoms with Crippen LogP contribution >= 0.6 is 23.2 Å². The highest BCUT2D eigenvalue weighted by Crippen LogP contribution is 2.23. The van der Waals surface area contributed by atoms with Crippen molar-refractivity contribution in [2.45, 2.75) is 38.6 Å². The molecule has 1 rings (SSSR count). The first-order chi connectivity index (χ1) is 8.67. The Bertz CT molecular complexity index is 377. The minimum absolute atomic E-state index is 0.472. The summed E-state index contributed by atoms with van der Waals surface area (Å²) in [6, 6.07) is 6.34. The molecule has 3 heteroatoms. The lowest BCUT2D eigenvalue weighted by atomic mass is 10.0. The molecule has 0 fully saturated rings. The fourth-order valence-corrected chi connectivity index (χ4v) is 2.22. The monoisotopic (exact) mass is 285 g/mol. The molecule has 1 nitrogen and oxygen atoms in total. The van der Waals surface area contributed by atoms with Gasteiger partial charge in [-0.15, -0.1) is 6.58 Å². The maximum Gasteiger partial charge on any atom is 0.0595 e. The third-order valence-electron chi connectivity index (χ3n) is 2.87. The molecule has 1 unspecified atom stereocenters. The normalized spacial score (nSPS) is 12.4. The lowest BCUT2D eigenvalue weighted by molar-refractivity contribution is 0.481. The first-order valence-electron chi connectivity index (χ1n) is 6.45. The van der Waals surface area contributed by atoms with Gasteiger partial charge < -0.3 is 5.32 Å². The van der Waals surface area contributed by atoms with E-state index in [1.54, 1.807) is 0 Å². The summed E-state index contributed by atoms with van der Waals surface area (Å²) < 4.78 is 0. The van der Waals surface area contributed by atoms with Gasteiger partial charge in [0.05, 0.1) is 10.0 Å². The van der Waals surface area contributed by atoms with Crippen LogP contribution in [0.4, 0.5) is 0 Å². The van der Waals surface area contributed by atoms with Gasteiger partial charge in [0.2, 0.25) is 0 Å². The van der Waals surface area contributed by atoms with Crippen molar-refractivity contribution in [2.24, 2.45) is 0 Å². The van der Waals surface area contributed by atoms with Crippen molar-refractivity contribution in [3.63, 3.8) is 0 Å². The van der Waals surface area contributed by atoms with E-state index >= 15 is 0 Å². The van der Waals surface area contributed by atoms with Crippen LogP contribution in [0.5, 0.6) is 0 Å². The highest BCUT2D eigenvalue weighted by Gasteiger charge is 2.09. The fourth-order valence-electron chi connectivity index (χ4n) is 1.89. The number of hydrogen-bond acceptors (Lipinski definition) is 1. The van der Waals surface area contributed by atoms with Crippen LogP contribution in [0.3, 0.4) is 0 Å². The Morgan fingerprint density at radius 2 is 2.11 bits per heavy atom. The highest BCUT2D eigenvalue weighted by atomic mass is 35.5. The smallest absolute Gasteiger partial charge is 0.0595 e. The average molecular weight is 286 g/mol. The number of allylic oxidation sites excluding steroid dienone is 1. The van der Waals surface area contributed by atoms with Gasteiger partial charge in [0.15, 0.2) is 0 Å². The molecule has 0 aromatic heterocycles. The number of halogens is 2. The zero-order chi connectivity index (χ0) is 13.4. The predicted octanol–water partition coefficient (Wildman–Crippen LogP) is 4.87. The summed E-state index contributed by atoms with van der Waals surface area (Å²) in [5, 5.41) is 4.81. The largest absolute Gasteiger partial charge is 0.314 e. The standard InChI is InChI=1S/C15H21Cl2N/c1-3-5-6-13(18-9-4-2)10-12-7-8-14(16)15(17)11-12/h3,7-8,11,13,18H,1,4-6,9-10H2,2H3. The van der Waals surface area contributed by atoms with Crippen LogP contribution in [0.1, 0.15) is 31.7 Å². The summed E-state index contributed by atoms with van der Waals surface area (Å²) in [6.07, 6.45) is 6.22. The summed E-state index contributed by atoms with van der Waals surface area (Å²) >= 11 is 12.0. The van der Waals surface area contributed by atoms with Crippen molar-refractivity contribution in [1.82, 2.24) is 5.32 Å². The first-order valence-corrected chi connectivity index (χ1v) is 7.21. The number of hydrogen-bond donors (Lipinski definition) is 1. The fraction of sp³-hybridized carbons (Fsp3) is 0.467. The molecule has 0 heterocycles. The Hall–Kier alpha value is -0.500. The van der Waals surface area contributed by atoms with E-state index in [0.29, 0.717) is 16.1 Å². The minimum Gasteiger partial charge on any atom is -0.314 e. The van der Waals surface area contributed by atoms with Crippen LogP contribution in [0.25, 0.3) is 0 Å². The van der Waals surface area contributed by atoms with Crippen molar-refractivity contribution >= 4 is 23.2 Å². The summed E-state index contributed by atoms with van der Waals surface area (Å²) in [7, 11) is 0. The average Bonchev–Trinajstić information content (AvgIpc) is 2.37. The van der Waals surface area contributed by atoms with Crippen molar-refractivity contribution in [1.29, 1.82) is 0 Å². The lowest BCUT2D eigenvalue weighted by Gasteiger charge is -2.18. The van der Waals surface area contributed by atoms with Gasteiger partial charge in [0, 0.05) is 6.04 Å². The quantitative estimate of drug-likeness (QED) is 0.672. The minimum atomic E-state index is 0.472. The molecule has 1 atom stereocenters. The van der Waals surface area contributed by atoms with Crippen LogP contribution < -0.4 is 5.32 Å². The molecule has 0 aliphatic rings. The maximum atomic E-state index is 6.04. The highest BCUT2D eigenvalue weighted by molar-refractivity contribution is 6.42. The van der Waals surface area contributed by atoms with E-state index in [1.165, 1.54) is 5.56 Å². The summed E-state index contributed by atoms with van der Waals surface area (Å²) in [5.41, 5.74) is 1.22. The van der Waals surface area contributed by atoms with Crippen LogP contribution in [-0.2, 0) is 6.42 Å². The zero-order valence-corrected chi connectivity index (χ0v) is 12.4. The van der Waals surface area contributed by atoms with Crippen LogP contribution in [0, 0.1) is 0 Å². The van der Waals surface area contributed by atoms with Gasteiger partial charge in [-0.25, -0.2) is 0 Å². The topological polar surface area (TPSA) is 12.0 Å². The van der Waals surface area contributed by atoms with Crippen LogP contribution in [0.2, 0.25) is 10.0 Å². The van der Waals surface area contributed by atoms with Gasteiger partial charge in [-0.3, -0.25) is 0 Å². The molecule has 1 aromatic carbocycles. The van der Waals surface area contributed by atoms with Crippen LogP contribution in [0.15, 0.2) is 30.9 Å². The second-order valence-electron chi connectivity index (χ2n) is 4.47. The molecule has 0 aliphatic heterocycles. The number of nitrogens with one attached hydrogen (secondary N) is 1. The molecular weight excluding hydrogens is 265 g/mol. The van der Waals surface area contributed by atoms with Crippen LogP contribution in [-0.4, -0.2) is 12.6 Å². The second-order valence-corrected chi connectivity index (χ2v) is 5.28. The summed E-state index contributed by atoms with van der Waals surface area (Å²) in [4.78, 5) is 0. The summed E-state index contributed by atoms with van der Waals surface area (Å²) in [6.45, 7) is 7.00. The molecule has 0 radical (unpaired) electrons. The van der Waals surface area contributed by atoms with Crippen molar-refractivity contribution in [2.75, 3.05) is 6.54 Å². The molecule has 0 saturated carbocycles. The van der Waals surface area contributed by atoms with Gasteiger partial charge in [-0.05, 0) is 49.9 Å². The Morgan fingerprint density at radius 1 is 1.33 bits per heavy atom. The molecule has 1 aromatic rings. The third kappa shape index (κ3) is 5.43. The Kier molecular flexibility index (Phi) is 7.41. The Morgan fingerprint density at radius 3 is 2.72 bits per heavy atom. The Balaban J connectivity index is 2.62. The summed E-state index contributed by atoms with van der Waals surface area (Å²) in [5.74, 6) is 0. The first kappa shape index (κ1) is 15.6. The number of rotatable bonds is 8. The van der Waals surface area contributed by atoms with E-state index in [9.17, 15) is 0 Å². The van der Waals surface area contributed by atoms with E-state index in [4.69, 9.17) is 23.2 Å².